The van der Waals surface area contributed by atoms with Gasteiger partial charge in [0.05, 0.1) is 5.75 Å². The largest absolute Gasteiger partial charge is 0.312 e. The number of halogens is 1. The fraction of sp³-hybridized carbons (Fsp3) is 0.364. The van der Waals surface area contributed by atoms with E-state index in [1.165, 1.54) is 4.90 Å². The van der Waals surface area contributed by atoms with E-state index in [9.17, 15) is 17.1 Å². The molecule has 0 radical (unpaired) electrons. The molecular formula is C11H12FNO3S2. The van der Waals surface area contributed by atoms with Gasteiger partial charge in [0.15, 0.2) is 0 Å². The molecule has 4 nitrogen and oxygen atoms in total. The molecule has 0 aromatic heterocycles. The van der Waals surface area contributed by atoms with Crippen LogP contribution in [0.15, 0.2) is 29.2 Å². The summed E-state index contributed by atoms with van der Waals surface area (Å²) >= 11 is 4.17. The van der Waals surface area contributed by atoms with E-state index in [0.29, 0.717) is 10.6 Å². The van der Waals surface area contributed by atoms with E-state index in [0.717, 1.165) is 0 Å². The molecule has 1 aromatic rings. The highest BCUT2D eigenvalue weighted by Gasteiger charge is 2.33. The zero-order valence-electron chi connectivity index (χ0n) is 9.41. The van der Waals surface area contributed by atoms with Crippen LogP contribution >= 0.6 is 12.6 Å². The lowest BCUT2D eigenvalue weighted by atomic mass is 10.1. The maximum Gasteiger partial charge on any atom is 0.302 e. The number of hydrogen-bond acceptors (Lipinski definition) is 4. The first-order valence-corrected chi connectivity index (χ1v) is 7.37. The Labute approximate surface area is 110 Å². The summed E-state index contributed by atoms with van der Waals surface area (Å²) in [5.74, 6) is -1.28. The Morgan fingerprint density at radius 3 is 2.78 bits per heavy atom. The van der Waals surface area contributed by atoms with E-state index in [4.69, 9.17) is 0 Å². The van der Waals surface area contributed by atoms with Crippen LogP contribution in [0, 0.1) is 5.92 Å². The number of anilines is 1. The molecule has 1 aliphatic heterocycles. The highest BCUT2D eigenvalue weighted by Crippen LogP contribution is 2.27. The molecule has 1 aromatic carbocycles. The van der Waals surface area contributed by atoms with Crippen LogP contribution < -0.4 is 4.90 Å². The third-order valence-corrected chi connectivity index (χ3v) is 3.93. The maximum absolute atomic E-state index is 12.6. The van der Waals surface area contributed by atoms with Crippen molar-refractivity contribution >= 4 is 34.4 Å². The van der Waals surface area contributed by atoms with Crippen LogP contribution in [0.2, 0.25) is 0 Å². The number of nitrogens with zero attached hydrogens (tertiary/aromatic N) is 1. The number of rotatable bonds is 3. The topological polar surface area (TPSA) is 54.5 Å². The molecule has 1 heterocycles. The standard InChI is InChI=1S/C11H12FNO3S2/c12-18(15,16)7-8-4-11(14)13(6-8)9-2-1-3-10(17)5-9/h1-3,5,8,17H,4,6-7H2. The molecule has 1 atom stereocenters. The van der Waals surface area contributed by atoms with Crippen molar-refractivity contribution in [1.82, 2.24) is 0 Å². The van der Waals surface area contributed by atoms with Gasteiger partial charge in [0, 0.05) is 29.5 Å². The van der Waals surface area contributed by atoms with Gasteiger partial charge in [-0.1, -0.05) is 6.07 Å². The lowest BCUT2D eigenvalue weighted by Crippen LogP contribution is -2.25. The number of hydrogen-bond donors (Lipinski definition) is 1. The monoisotopic (exact) mass is 289 g/mol. The van der Waals surface area contributed by atoms with Gasteiger partial charge in [-0.05, 0) is 18.2 Å². The average Bonchev–Trinajstić information content (AvgIpc) is 2.56. The number of carbonyl (C=O) groups is 1. The third kappa shape index (κ3) is 3.23. The number of benzene rings is 1. The summed E-state index contributed by atoms with van der Waals surface area (Å²) in [6.45, 7) is 0.221. The van der Waals surface area contributed by atoms with E-state index < -0.39 is 21.9 Å². The molecule has 1 unspecified atom stereocenters. The van der Waals surface area contributed by atoms with Gasteiger partial charge in [-0.25, -0.2) is 0 Å². The Balaban J connectivity index is 2.15. The van der Waals surface area contributed by atoms with Gasteiger partial charge in [-0.15, -0.1) is 16.5 Å². The Hall–Kier alpha value is -1.08. The van der Waals surface area contributed by atoms with E-state index in [1.807, 2.05) is 0 Å². The van der Waals surface area contributed by atoms with Crippen LogP contribution in [0.1, 0.15) is 6.42 Å². The Bertz CT molecular complexity index is 573. The normalized spacial score (nSPS) is 20.4. The molecule has 1 amide bonds. The fourth-order valence-electron chi connectivity index (χ4n) is 2.09. The molecular weight excluding hydrogens is 277 g/mol. The second kappa shape index (κ2) is 4.89. The van der Waals surface area contributed by atoms with Gasteiger partial charge in [0.2, 0.25) is 5.91 Å². The van der Waals surface area contributed by atoms with E-state index in [-0.39, 0.29) is 18.9 Å². The smallest absolute Gasteiger partial charge is 0.302 e. The van der Waals surface area contributed by atoms with Crippen molar-refractivity contribution in [2.75, 3.05) is 17.2 Å². The molecule has 1 aliphatic rings. The minimum atomic E-state index is -4.54. The molecule has 7 heteroatoms. The zero-order chi connectivity index (χ0) is 13.3. The summed E-state index contributed by atoms with van der Waals surface area (Å²) in [4.78, 5) is 13.9. The summed E-state index contributed by atoms with van der Waals surface area (Å²) in [5.41, 5.74) is 0.659. The molecule has 18 heavy (non-hydrogen) atoms. The van der Waals surface area contributed by atoms with Gasteiger partial charge >= 0.3 is 10.2 Å². The van der Waals surface area contributed by atoms with Crippen molar-refractivity contribution in [3.8, 4) is 0 Å². The van der Waals surface area contributed by atoms with Gasteiger partial charge in [0.1, 0.15) is 0 Å². The molecule has 98 valence electrons. The second-order valence-corrected chi connectivity index (χ2v) is 6.23. The van der Waals surface area contributed by atoms with Gasteiger partial charge in [0.25, 0.3) is 0 Å². The maximum atomic E-state index is 12.6. The fourth-order valence-corrected chi connectivity index (χ4v) is 3.09. The summed E-state index contributed by atoms with van der Waals surface area (Å²) in [7, 11) is -4.54. The predicted molar refractivity (Wildman–Crippen MR) is 69.0 cm³/mol. The Morgan fingerprint density at radius 1 is 1.44 bits per heavy atom. The van der Waals surface area contributed by atoms with Crippen LogP contribution in [-0.2, 0) is 15.0 Å². The van der Waals surface area contributed by atoms with E-state index >= 15 is 0 Å². The molecule has 1 saturated heterocycles. The first kappa shape index (κ1) is 13.4. The highest BCUT2D eigenvalue weighted by molar-refractivity contribution is 7.86. The first-order chi connectivity index (χ1) is 8.35. The van der Waals surface area contributed by atoms with Crippen LogP contribution in [-0.4, -0.2) is 26.6 Å². The quantitative estimate of drug-likeness (QED) is 0.679. The highest BCUT2D eigenvalue weighted by atomic mass is 32.3. The Kier molecular flexibility index (Phi) is 3.63. The molecule has 0 saturated carbocycles. The van der Waals surface area contributed by atoms with E-state index in [2.05, 4.69) is 12.6 Å². The summed E-state index contributed by atoms with van der Waals surface area (Å²) in [6, 6.07) is 6.98. The first-order valence-electron chi connectivity index (χ1n) is 5.37. The SMILES string of the molecule is O=C1CC(CS(=O)(=O)F)CN1c1cccc(S)c1. The van der Waals surface area contributed by atoms with Crippen molar-refractivity contribution in [2.45, 2.75) is 11.3 Å². The molecule has 0 aliphatic carbocycles. The molecule has 0 spiro atoms. The average molecular weight is 289 g/mol. The van der Waals surface area contributed by atoms with Gasteiger partial charge in [-0.2, -0.15) is 8.42 Å². The lowest BCUT2D eigenvalue weighted by Gasteiger charge is -2.16. The number of amides is 1. The summed E-state index contributed by atoms with van der Waals surface area (Å²) < 4.78 is 33.8. The summed E-state index contributed by atoms with van der Waals surface area (Å²) in [6.07, 6.45) is 0.0555. The van der Waals surface area contributed by atoms with Crippen LogP contribution in [0.4, 0.5) is 9.57 Å². The van der Waals surface area contributed by atoms with Crippen LogP contribution in [0.25, 0.3) is 0 Å². The number of carbonyl (C=O) groups excluding carboxylic acids is 1. The van der Waals surface area contributed by atoms with Crippen molar-refractivity contribution < 1.29 is 17.1 Å². The molecule has 1 fully saturated rings. The zero-order valence-corrected chi connectivity index (χ0v) is 11.1. The minimum Gasteiger partial charge on any atom is -0.312 e. The number of thiol groups is 1. The minimum absolute atomic E-state index is 0.0555. The summed E-state index contributed by atoms with van der Waals surface area (Å²) in [5, 5.41) is 0. The van der Waals surface area contributed by atoms with Crippen LogP contribution in [0.3, 0.4) is 0 Å². The lowest BCUT2D eigenvalue weighted by molar-refractivity contribution is -0.117. The van der Waals surface area contributed by atoms with Crippen LogP contribution in [0.5, 0.6) is 0 Å². The molecule has 2 rings (SSSR count). The predicted octanol–water partition coefficient (Wildman–Crippen LogP) is 1.63. The van der Waals surface area contributed by atoms with E-state index in [1.54, 1.807) is 24.3 Å². The van der Waals surface area contributed by atoms with Crippen molar-refractivity contribution in [2.24, 2.45) is 5.92 Å². The van der Waals surface area contributed by atoms with Crippen molar-refractivity contribution in [3.05, 3.63) is 24.3 Å². The Morgan fingerprint density at radius 2 is 2.17 bits per heavy atom. The second-order valence-electron chi connectivity index (χ2n) is 4.30. The third-order valence-electron chi connectivity index (χ3n) is 2.78. The molecule has 0 bridgehead atoms. The molecule has 0 N–H and O–H groups in total. The van der Waals surface area contributed by atoms with Gasteiger partial charge < -0.3 is 4.90 Å². The van der Waals surface area contributed by atoms with Crippen molar-refractivity contribution in [1.29, 1.82) is 0 Å². The van der Waals surface area contributed by atoms with Gasteiger partial charge in [-0.3, -0.25) is 4.79 Å². The van der Waals surface area contributed by atoms with Crippen molar-refractivity contribution in [3.63, 3.8) is 0 Å².